The summed E-state index contributed by atoms with van der Waals surface area (Å²) in [6.07, 6.45) is 3.63. The zero-order chi connectivity index (χ0) is 21.7. The number of para-hydroxylation sites is 1. The number of anilines is 1. The number of ether oxygens (including phenoxy) is 2. The van der Waals surface area contributed by atoms with Gasteiger partial charge >= 0.3 is 5.97 Å². The molecule has 0 aliphatic carbocycles. The molecule has 5 nitrogen and oxygen atoms in total. The number of ketones is 1. The monoisotopic (exact) mass is 407 g/mol. The van der Waals surface area contributed by atoms with Gasteiger partial charge in [-0.1, -0.05) is 45.4 Å². The molecule has 1 heterocycles. The molecule has 0 bridgehead atoms. The maximum atomic E-state index is 12.5. The van der Waals surface area contributed by atoms with Gasteiger partial charge in [0.05, 0.1) is 12.2 Å². The number of carbonyl (C=O) groups excluding carboxylic acids is 2. The fraction of sp³-hybridized carbons (Fsp3) is 0.360. The minimum atomic E-state index is -0.524. The van der Waals surface area contributed by atoms with E-state index in [0.29, 0.717) is 17.9 Å². The maximum Gasteiger partial charge on any atom is 0.338 e. The molecule has 0 fully saturated rings. The number of fused-ring (bicyclic) bond motifs is 1. The fourth-order valence-corrected chi connectivity index (χ4v) is 3.69. The second-order valence-corrected chi connectivity index (χ2v) is 8.00. The summed E-state index contributed by atoms with van der Waals surface area (Å²) >= 11 is 0. The van der Waals surface area contributed by atoms with Crippen molar-refractivity contribution in [1.82, 2.24) is 0 Å². The fourth-order valence-electron chi connectivity index (χ4n) is 3.69. The summed E-state index contributed by atoms with van der Waals surface area (Å²) in [6, 6.07) is 14.9. The minimum absolute atomic E-state index is 0.245. The first-order chi connectivity index (χ1) is 14.3. The number of esters is 1. The zero-order valence-electron chi connectivity index (χ0n) is 18.1. The summed E-state index contributed by atoms with van der Waals surface area (Å²) < 4.78 is 10.8. The highest BCUT2D eigenvalue weighted by Crippen LogP contribution is 2.46. The van der Waals surface area contributed by atoms with E-state index in [1.54, 1.807) is 30.3 Å². The Kier molecular flexibility index (Phi) is 6.60. The van der Waals surface area contributed by atoms with E-state index in [0.717, 1.165) is 24.2 Å². The molecule has 0 unspecified atom stereocenters. The lowest BCUT2D eigenvalue weighted by Gasteiger charge is -2.23. The van der Waals surface area contributed by atoms with Crippen LogP contribution in [0.25, 0.3) is 0 Å². The first kappa shape index (κ1) is 21.6. The van der Waals surface area contributed by atoms with Gasteiger partial charge in [0.2, 0.25) is 0 Å². The van der Waals surface area contributed by atoms with E-state index in [2.05, 4.69) is 26.8 Å². The average Bonchev–Trinajstić information content (AvgIpc) is 2.93. The lowest BCUT2D eigenvalue weighted by atomic mass is 9.83. The second-order valence-electron chi connectivity index (χ2n) is 8.00. The Balaban J connectivity index is 1.60. The number of allylic oxidation sites excluding steroid dienone is 1. The molecule has 0 saturated carbocycles. The van der Waals surface area contributed by atoms with E-state index in [-0.39, 0.29) is 17.8 Å². The van der Waals surface area contributed by atoms with Crippen molar-refractivity contribution < 1.29 is 19.1 Å². The molecule has 0 spiro atoms. The van der Waals surface area contributed by atoms with E-state index in [1.165, 1.54) is 5.56 Å². The number of likely N-dealkylation sites (N-methyl/N-ethyl adjacent to an activating group) is 1. The molecule has 0 N–H and O–H groups in total. The Morgan fingerprint density at radius 3 is 2.43 bits per heavy atom. The van der Waals surface area contributed by atoms with Crippen molar-refractivity contribution in [2.45, 2.75) is 39.0 Å². The SMILES string of the molecule is CCCCOc1ccc(C(=O)OCC(=O)C=C2N(C)c3ccccc3C2(C)C)cc1. The number of rotatable bonds is 8. The third-order valence-electron chi connectivity index (χ3n) is 5.44. The summed E-state index contributed by atoms with van der Waals surface area (Å²) in [6.45, 7) is 6.63. The van der Waals surface area contributed by atoms with E-state index in [1.807, 2.05) is 30.1 Å². The van der Waals surface area contributed by atoms with Crippen molar-refractivity contribution in [3.05, 3.63) is 71.4 Å². The molecular weight excluding hydrogens is 378 g/mol. The van der Waals surface area contributed by atoms with E-state index in [4.69, 9.17) is 9.47 Å². The normalized spacial score (nSPS) is 15.7. The summed E-state index contributed by atoms with van der Waals surface area (Å²) in [4.78, 5) is 26.8. The Morgan fingerprint density at radius 1 is 1.07 bits per heavy atom. The van der Waals surface area contributed by atoms with Gasteiger partial charge in [-0.05, 0) is 42.3 Å². The quantitative estimate of drug-likeness (QED) is 0.354. The van der Waals surface area contributed by atoms with Crippen molar-refractivity contribution in [3.8, 4) is 5.75 Å². The average molecular weight is 408 g/mol. The Morgan fingerprint density at radius 2 is 1.77 bits per heavy atom. The molecule has 30 heavy (non-hydrogen) atoms. The number of nitrogens with zero attached hydrogens (tertiary/aromatic N) is 1. The van der Waals surface area contributed by atoms with Crippen molar-refractivity contribution in [2.24, 2.45) is 0 Å². The van der Waals surface area contributed by atoms with E-state index < -0.39 is 5.97 Å². The molecule has 158 valence electrons. The minimum Gasteiger partial charge on any atom is -0.494 e. The molecule has 0 atom stereocenters. The molecule has 3 rings (SSSR count). The van der Waals surface area contributed by atoms with Crippen LogP contribution in [0.2, 0.25) is 0 Å². The molecule has 1 aliphatic heterocycles. The predicted octanol–water partition coefficient (Wildman–Crippen LogP) is 4.90. The highest BCUT2D eigenvalue weighted by molar-refractivity contribution is 5.96. The molecule has 5 heteroatoms. The predicted molar refractivity (Wildman–Crippen MR) is 118 cm³/mol. The standard InChI is InChI=1S/C25H29NO4/c1-5-6-15-29-20-13-11-18(12-14-20)24(28)30-17-19(27)16-23-25(2,3)21-9-7-8-10-22(21)26(23)4/h7-14,16H,5-6,15,17H2,1-4H3. The smallest absolute Gasteiger partial charge is 0.338 e. The second kappa shape index (κ2) is 9.16. The number of hydrogen-bond donors (Lipinski definition) is 0. The molecule has 0 radical (unpaired) electrons. The summed E-state index contributed by atoms with van der Waals surface area (Å²) in [7, 11) is 1.95. The molecule has 0 aromatic heterocycles. The molecular formula is C25H29NO4. The third-order valence-corrected chi connectivity index (χ3v) is 5.44. The Bertz CT molecular complexity index is 944. The van der Waals surface area contributed by atoms with Crippen LogP contribution in [-0.2, 0) is 14.9 Å². The van der Waals surface area contributed by atoms with Gasteiger partial charge in [0.1, 0.15) is 5.75 Å². The lowest BCUT2D eigenvalue weighted by Crippen LogP contribution is -2.25. The van der Waals surface area contributed by atoms with Crippen molar-refractivity contribution >= 4 is 17.4 Å². The van der Waals surface area contributed by atoms with Crippen molar-refractivity contribution in [3.63, 3.8) is 0 Å². The van der Waals surface area contributed by atoms with Gasteiger partial charge in [-0.15, -0.1) is 0 Å². The molecule has 2 aromatic rings. The number of unbranched alkanes of at least 4 members (excludes halogenated alkanes) is 1. The molecule has 2 aromatic carbocycles. The van der Waals surface area contributed by atoms with Crippen molar-refractivity contribution in [2.75, 3.05) is 25.2 Å². The zero-order valence-corrected chi connectivity index (χ0v) is 18.1. The summed E-state index contributed by atoms with van der Waals surface area (Å²) in [5.41, 5.74) is 3.24. The first-order valence-electron chi connectivity index (χ1n) is 10.3. The lowest BCUT2D eigenvalue weighted by molar-refractivity contribution is -0.117. The van der Waals surface area contributed by atoms with E-state index >= 15 is 0 Å². The third kappa shape index (κ3) is 4.56. The summed E-state index contributed by atoms with van der Waals surface area (Å²) in [5, 5.41) is 0. The number of benzene rings is 2. The van der Waals surface area contributed by atoms with Crippen LogP contribution in [0.1, 0.15) is 49.5 Å². The Hall–Kier alpha value is -3.08. The van der Waals surface area contributed by atoms with Gasteiger partial charge in [-0.25, -0.2) is 4.79 Å². The highest BCUT2D eigenvalue weighted by atomic mass is 16.5. The van der Waals surface area contributed by atoms with Gasteiger partial charge < -0.3 is 14.4 Å². The van der Waals surface area contributed by atoms with Crippen LogP contribution in [0.5, 0.6) is 5.75 Å². The maximum absolute atomic E-state index is 12.5. The van der Waals surface area contributed by atoms with Crippen LogP contribution in [0, 0.1) is 0 Å². The molecule has 0 saturated heterocycles. The number of hydrogen-bond acceptors (Lipinski definition) is 5. The topological polar surface area (TPSA) is 55.8 Å². The number of carbonyl (C=O) groups is 2. The Labute approximate surface area is 178 Å². The van der Waals surface area contributed by atoms with Crippen molar-refractivity contribution in [1.29, 1.82) is 0 Å². The van der Waals surface area contributed by atoms with Gasteiger partial charge in [-0.3, -0.25) is 4.79 Å². The largest absolute Gasteiger partial charge is 0.494 e. The summed E-state index contributed by atoms with van der Waals surface area (Å²) in [5.74, 6) is -0.0540. The van der Waals surface area contributed by atoms with Crippen LogP contribution < -0.4 is 9.64 Å². The first-order valence-corrected chi connectivity index (χ1v) is 10.3. The van der Waals surface area contributed by atoms with Gasteiger partial charge in [0.15, 0.2) is 12.4 Å². The highest BCUT2D eigenvalue weighted by Gasteiger charge is 2.38. The van der Waals surface area contributed by atoms with Crippen LogP contribution >= 0.6 is 0 Å². The van der Waals surface area contributed by atoms with Gasteiger partial charge in [0.25, 0.3) is 0 Å². The molecule has 1 aliphatic rings. The van der Waals surface area contributed by atoms with Crippen LogP contribution in [0.15, 0.2) is 60.3 Å². The van der Waals surface area contributed by atoms with E-state index in [9.17, 15) is 9.59 Å². The molecule has 0 amide bonds. The van der Waals surface area contributed by atoms with Gasteiger partial charge in [-0.2, -0.15) is 0 Å². The van der Waals surface area contributed by atoms with Crippen LogP contribution in [0.3, 0.4) is 0 Å². The van der Waals surface area contributed by atoms with Crippen LogP contribution in [-0.4, -0.2) is 32.0 Å². The van der Waals surface area contributed by atoms with Gasteiger partial charge in [0, 0.05) is 29.9 Å². The van der Waals surface area contributed by atoms with Crippen LogP contribution in [0.4, 0.5) is 5.69 Å².